The maximum atomic E-state index is 9.61. The Hall–Kier alpha value is -1.25. The van der Waals surface area contributed by atoms with E-state index < -0.39 is 24.8 Å². The number of nitrogens with zero attached hydrogens (tertiary/aromatic N) is 1. The van der Waals surface area contributed by atoms with Crippen molar-refractivity contribution in [3.8, 4) is 5.88 Å². The molecule has 0 bridgehead atoms. The molecule has 7 nitrogen and oxygen atoms in total. The van der Waals surface area contributed by atoms with Gasteiger partial charge in [-0.15, -0.1) is 0 Å². The van der Waals surface area contributed by atoms with Crippen LogP contribution in [0.15, 0.2) is 18.3 Å². The highest BCUT2D eigenvalue weighted by molar-refractivity contribution is 5.21. The Kier molecular flexibility index (Phi) is 17.5. The van der Waals surface area contributed by atoms with E-state index in [2.05, 4.69) is 18.8 Å². The zero-order valence-corrected chi connectivity index (χ0v) is 17.8. The molecule has 2 heterocycles. The Morgan fingerprint density at radius 2 is 1.63 bits per heavy atom. The maximum absolute atomic E-state index is 9.61. The molecular formula is C20H39NO6. The summed E-state index contributed by atoms with van der Waals surface area (Å²) in [7, 11) is 0. The minimum absolute atomic E-state index is 0.250. The molecule has 0 aliphatic carbocycles. The third kappa shape index (κ3) is 10.0. The van der Waals surface area contributed by atoms with Crippen molar-refractivity contribution in [2.45, 2.75) is 92.0 Å². The smallest absolute Gasteiger partial charge is 0.233 e. The first-order valence-corrected chi connectivity index (χ1v) is 9.87. The van der Waals surface area contributed by atoms with E-state index in [0.29, 0.717) is 5.92 Å². The van der Waals surface area contributed by atoms with Gasteiger partial charge in [0.15, 0.2) is 6.29 Å². The molecule has 1 aliphatic rings. The zero-order valence-electron chi connectivity index (χ0n) is 17.8. The molecule has 4 N–H and O–H groups in total. The van der Waals surface area contributed by atoms with Gasteiger partial charge in [0, 0.05) is 18.9 Å². The number of hydrogen-bond donors (Lipinski definition) is 4. The van der Waals surface area contributed by atoms with Gasteiger partial charge in [-0.05, 0) is 24.8 Å². The summed E-state index contributed by atoms with van der Waals surface area (Å²) >= 11 is 0. The first kappa shape index (κ1) is 28.0. The molecule has 0 saturated carbocycles. The van der Waals surface area contributed by atoms with Crippen LogP contribution in [0.5, 0.6) is 5.88 Å². The first-order valence-electron chi connectivity index (χ1n) is 9.87. The van der Waals surface area contributed by atoms with Crippen LogP contribution in [0, 0.1) is 0 Å². The van der Waals surface area contributed by atoms with Crippen LogP contribution in [0.4, 0.5) is 0 Å². The molecule has 0 aromatic carbocycles. The van der Waals surface area contributed by atoms with E-state index in [1.165, 1.54) is 0 Å². The summed E-state index contributed by atoms with van der Waals surface area (Å²) in [5.74, 6) is 0.710. The number of aliphatic hydroxyl groups excluding tert-OH is 4. The lowest BCUT2D eigenvalue weighted by Gasteiger charge is -2.16. The van der Waals surface area contributed by atoms with Gasteiger partial charge in [0.05, 0.1) is 0 Å². The summed E-state index contributed by atoms with van der Waals surface area (Å²) in [4.78, 5) is 4.15. The van der Waals surface area contributed by atoms with Crippen molar-refractivity contribution in [3.05, 3.63) is 23.9 Å². The molecular weight excluding hydrogens is 350 g/mol. The average molecular weight is 390 g/mol. The Bertz CT molecular complexity index is 443. The van der Waals surface area contributed by atoms with Gasteiger partial charge in [-0.2, -0.15) is 0 Å². The Labute approximate surface area is 164 Å². The molecule has 0 amide bonds. The normalized spacial score (nSPS) is 24.3. The van der Waals surface area contributed by atoms with Crippen molar-refractivity contribution < 1.29 is 29.9 Å². The third-order valence-corrected chi connectivity index (χ3v) is 3.48. The minimum Gasteiger partial charge on any atom is -0.445 e. The molecule has 1 fully saturated rings. The monoisotopic (exact) mass is 389 g/mol. The van der Waals surface area contributed by atoms with E-state index in [1.807, 2.05) is 33.8 Å². The predicted molar refractivity (Wildman–Crippen MR) is 107 cm³/mol. The topological polar surface area (TPSA) is 112 Å². The van der Waals surface area contributed by atoms with Crippen LogP contribution in [0.1, 0.15) is 72.8 Å². The number of pyridine rings is 1. The lowest BCUT2D eigenvalue weighted by atomic mass is 9.98. The molecule has 1 saturated heterocycles. The summed E-state index contributed by atoms with van der Waals surface area (Å²) in [6.07, 6.45) is -1.31. The number of hydrogen-bond acceptors (Lipinski definition) is 7. The lowest BCUT2D eigenvalue weighted by Crippen LogP contribution is -2.35. The summed E-state index contributed by atoms with van der Waals surface area (Å²) in [6, 6.07) is 3.60. The number of aromatic nitrogens is 1. The van der Waals surface area contributed by atoms with E-state index in [1.54, 1.807) is 19.2 Å². The second-order valence-corrected chi connectivity index (χ2v) is 5.43. The Morgan fingerprint density at radius 3 is 2.00 bits per heavy atom. The van der Waals surface area contributed by atoms with Crippen LogP contribution >= 0.6 is 0 Å². The van der Waals surface area contributed by atoms with Crippen LogP contribution in [0.3, 0.4) is 0 Å². The van der Waals surface area contributed by atoms with Gasteiger partial charge in [-0.1, -0.05) is 54.0 Å². The second kappa shape index (κ2) is 16.9. The average Bonchev–Trinajstić information content (AvgIpc) is 2.93. The highest BCUT2D eigenvalue weighted by Crippen LogP contribution is 2.24. The predicted octanol–water partition coefficient (Wildman–Crippen LogP) is 2.81. The lowest BCUT2D eigenvalue weighted by molar-refractivity contribution is -0.172. The van der Waals surface area contributed by atoms with Crippen LogP contribution in [0.2, 0.25) is 0 Å². The molecule has 2 rings (SSSR count). The molecule has 7 heteroatoms. The van der Waals surface area contributed by atoms with E-state index in [-0.39, 0.29) is 12.5 Å². The second-order valence-electron chi connectivity index (χ2n) is 5.43. The molecule has 1 aromatic rings. The van der Waals surface area contributed by atoms with E-state index in [9.17, 15) is 15.3 Å². The molecule has 1 aromatic heterocycles. The highest BCUT2D eigenvalue weighted by Gasteiger charge is 2.43. The molecule has 160 valence electrons. The zero-order chi connectivity index (χ0) is 21.4. The molecule has 5 unspecified atom stereocenters. The largest absolute Gasteiger partial charge is 0.445 e. The van der Waals surface area contributed by atoms with Crippen molar-refractivity contribution in [3.63, 3.8) is 0 Å². The van der Waals surface area contributed by atoms with Gasteiger partial charge < -0.3 is 29.9 Å². The van der Waals surface area contributed by atoms with Gasteiger partial charge in [-0.25, -0.2) is 4.98 Å². The van der Waals surface area contributed by atoms with Crippen LogP contribution in [-0.4, -0.2) is 56.8 Å². The molecule has 1 aliphatic heterocycles. The van der Waals surface area contributed by atoms with Gasteiger partial charge >= 0.3 is 0 Å². The van der Waals surface area contributed by atoms with Crippen molar-refractivity contribution in [2.75, 3.05) is 6.61 Å². The van der Waals surface area contributed by atoms with Gasteiger partial charge in [0.1, 0.15) is 12.2 Å². The summed E-state index contributed by atoms with van der Waals surface area (Å²) in [5.41, 5.74) is 1.12. The quantitative estimate of drug-likeness (QED) is 0.612. The Balaban J connectivity index is 0. The SMILES string of the molecule is CC.CC.CCCC(C)c1ccc(OC2OC(O)C(O)C2O)nc1.CCO. The first-order chi connectivity index (χ1) is 12.9. The van der Waals surface area contributed by atoms with Crippen molar-refractivity contribution in [1.29, 1.82) is 0 Å². The van der Waals surface area contributed by atoms with Crippen molar-refractivity contribution >= 4 is 0 Å². The van der Waals surface area contributed by atoms with Crippen LogP contribution in [-0.2, 0) is 4.74 Å². The van der Waals surface area contributed by atoms with Gasteiger partial charge in [0.25, 0.3) is 0 Å². The van der Waals surface area contributed by atoms with Crippen LogP contribution < -0.4 is 4.74 Å². The van der Waals surface area contributed by atoms with Gasteiger partial charge in [0.2, 0.25) is 12.2 Å². The molecule has 27 heavy (non-hydrogen) atoms. The Morgan fingerprint density at radius 1 is 1.07 bits per heavy atom. The van der Waals surface area contributed by atoms with E-state index in [0.717, 1.165) is 18.4 Å². The van der Waals surface area contributed by atoms with E-state index in [4.69, 9.17) is 14.6 Å². The van der Waals surface area contributed by atoms with Crippen molar-refractivity contribution in [2.24, 2.45) is 0 Å². The number of rotatable bonds is 5. The molecule has 0 spiro atoms. The number of aliphatic hydroxyl groups is 4. The van der Waals surface area contributed by atoms with Crippen LogP contribution in [0.25, 0.3) is 0 Å². The maximum Gasteiger partial charge on any atom is 0.233 e. The fourth-order valence-corrected chi connectivity index (χ4v) is 2.20. The van der Waals surface area contributed by atoms with Crippen molar-refractivity contribution in [1.82, 2.24) is 4.98 Å². The van der Waals surface area contributed by atoms with Gasteiger partial charge in [-0.3, -0.25) is 0 Å². The standard InChI is InChI=1S/C14H21NO5.C2H6O.2C2H6/c1-3-4-8(2)9-5-6-10(15-7-9)19-14-12(17)11(16)13(18)20-14;1-2-3;2*1-2/h5-8,11-14,16-18H,3-4H2,1-2H3;3H,2H2,1H3;2*1-2H3. The fraction of sp³-hybridized carbons (Fsp3) is 0.750. The third-order valence-electron chi connectivity index (χ3n) is 3.48. The summed E-state index contributed by atoms with van der Waals surface area (Å²) < 4.78 is 10.2. The summed E-state index contributed by atoms with van der Waals surface area (Å²) in [5, 5.41) is 35.8. The fourth-order valence-electron chi connectivity index (χ4n) is 2.20. The molecule has 0 radical (unpaired) electrons. The number of ether oxygens (including phenoxy) is 2. The minimum atomic E-state index is -1.45. The highest BCUT2D eigenvalue weighted by atomic mass is 16.8. The molecule has 5 atom stereocenters. The summed E-state index contributed by atoms with van der Waals surface area (Å²) in [6.45, 7) is 14.2. The van der Waals surface area contributed by atoms with E-state index >= 15 is 0 Å².